The smallest absolute Gasteiger partial charge is 0.276 e. The molecule has 3 N–H and O–H groups in total. The van der Waals surface area contributed by atoms with Crippen LogP contribution in [0.15, 0.2) is 54.9 Å². The van der Waals surface area contributed by atoms with Gasteiger partial charge in [0.2, 0.25) is 11.8 Å². The molecule has 3 aliphatic heterocycles. The summed E-state index contributed by atoms with van der Waals surface area (Å²) in [5, 5.41) is 22.1. The lowest BCUT2D eigenvalue weighted by Crippen LogP contribution is -2.63. The lowest BCUT2D eigenvalue weighted by molar-refractivity contribution is -0.136. The van der Waals surface area contributed by atoms with Crippen molar-refractivity contribution in [2.75, 3.05) is 43.9 Å². The largest absolute Gasteiger partial charge is 0.494 e. The quantitative estimate of drug-likeness (QED) is 0.184. The molecule has 2 saturated heterocycles. The van der Waals surface area contributed by atoms with Gasteiger partial charge in [-0.2, -0.15) is 10.2 Å². The number of fused-ring (bicyclic) bond motifs is 2. The molecule has 4 aromatic rings. The van der Waals surface area contributed by atoms with E-state index in [1.165, 1.54) is 31.9 Å². The SMILES string of the molecule is COc1cc2nn(C3CCC(CN4CC5(CC(CCNc6cccc7c6C(=O)N(C6CCC(=O)NC6=O)C7=O)C5)C4)CC3)cc2cc1NC(=O)c1cccnn1. The Kier molecular flexibility index (Phi) is 9.26. The number of methoxy groups -OCH3 is 1. The molecule has 1 atom stereocenters. The van der Waals surface area contributed by atoms with Crippen molar-refractivity contribution in [3.63, 3.8) is 0 Å². The van der Waals surface area contributed by atoms with Crippen LogP contribution < -0.4 is 20.7 Å². The van der Waals surface area contributed by atoms with Crippen molar-refractivity contribution < 1.29 is 28.7 Å². The molecule has 9 rings (SSSR count). The second-order valence-corrected chi connectivity index (χ2v) is 16.3. The molecule has 290 valence electrons. The summed E-state index contributed by atoms with van der Waals surface area (Å²) < 4.78 is 7.67. The van der Waals surface area contributed by atoms with Gasteiger partial charge in [0.05, 0.1) is 35.5 Å². The van der Waals surface area contributed by atoms with Crippen molar-refractivity contribution in [3.05, 3.63) is 71.7 Å². The lowest BCUT2D eigenvalue weighted by atomic mass is 9.57. The predicted octanol–water partition coefficient (Wildman–Crippen LogP) is 4.43. The number of rotatable bonds is 11. The topological polar surface area (TPSA) is 181 Å². The fourth-order valence-electron chi connectivity index (χ4n) is 9.82. The molecule has 5 aliphatic rings. The maximum absolute atomic E-state index is 13.4. The summed E-state index contributed by atoms with van der Waals surface area (Å²) in [5.41, 5.74) is 3.28. The molecule has 5 amide bonds. The molecule has 0 bridgehead atoms. The molecule has 1 spiro atoms. The van der Waals surface area contributed by atoms with Gasteiger partial charge in [-0.25, -0.2) is 0 Å². The summed E-state index contributed by atoms with van der Waals surface area (Å²) in [6.45, 7) is 4.18. The van der Waals surface area contributed by atoms with Crippen molar-refractivity contribution in [2.24, 2.45) is 17.3 Å². The number of hydrogen-bond donors (Lipinski definition) is 3. The van der Waals surface area contributed by atoms with Crippen LogP contribution in [0.3, 0.4) is 0 Å². The Morgan fingerprint density at radius 3 is 2.54 bits per heavy atom. The molecule has 15 heteroatoms. The van der Waals surface area contributed by atoms with E-state index in [4.69, 9.17) is 9.84 Å². The first-order valence-electron chi connectivity index (χ1n) is 19.6. The zero-order valence-electron chi connectivity index (χ0n) is 31.3. The van der Waals surface area contributed by atoms with Crippen LogP contribution in [0.25, 0.3) is 10.9 Å². The molecular formula is C41H45N9O6. The van der Waals surface area contributed by atoms with Gasteiger partial charge >= 0.3 is 0 Å². The number of hydrogen-bond acceptors (Lipinski definition) is 11. The number of carbonyl (C=O) groups excluding carboxylic acids is 5. The Balaban J connectivity index is 0.715. The van der Waals surface area contributed by atoms with Crippen LogP contribution in [0.1, 0.15) is 95.0 Å². The van der Waals surface area contributed by atoms with Crippen LogP contribution in [0, 0.1) is 17.3 Å². The van der Waals surface area contributed by atoms with E-state index in [-0.39, 0.29) is 30.3 Å². The second kappa shape index (κ2) is 14.4. The number of piperidine rings is 1. The fourth-order valence-corrected chi connectivity index (χ4v) is 9.82. The number of imide groups is 2. The Hall–Kier alpha value is -5.70. The summed E-state index contributed by atoms with van der Waals surface area (Å²) in [7, 11) is 1.58. The Morgan fingerprint density at radius 2 is 1.79 bits per heavy atom. The number of carbonyl (C=O) groups is 5. The van der Waals surface area contributed by atoms with E-state index in [1.807, 2.05) is 18.2 Å². The second-order valence-electron chi connectivity index (χ2n) is 16.3. The van der Waals surface area contributed by atoms with E-state index >= 15 is 0 Å². The van der Waals surface area contributed by atoms with Crippen LogP contribution in [0.2, 0.25) is 0 Å². The van der Waals surface area contributed by atoms with Crippen molar-refractivity contribution in [2.45, 2.75) is 69.9 Å². The molecule has 1 unspecified atom stereocenters. The Morgan fingerprint density at radius 1 is 0.964 bits per heavy atom. The van der Waals surface area contributed by atoms with Crippen LogP contribution in [0.4, 0.5) is 11.4 Å². The summed E-state index contributed by atoms with van der Waals surface area (Å²) in [5.74, 6) is -0.460. The van der Waals surface area contributed by atoms with Gasteiger partial charge in [0, 0.05) is 62.1 Å². The van der Waals surface area contributed by atoms with Crippen molar-refractivity contribution in [1.29, 1.82) is 0 Å². The maximum Gasteiger partial charge on any atom is 0.276 e. The number of benzene rings is 2. The predicted molar refractivity (Wildman–Crippen MR) is 205 cm³/mol. The Bertz CT molecular complexity index is 2220. The van der Waals surface area contributed by atoms with Gasteiger partial charge in [0.25, 0.3) is 17.7 Å². The minimum Gasteiger partial charge on any atom is -0.494 e. The van der Waals surface area contributed by atoms with Crippen LogP contribution in [-0.2, 0) is 9.59 Å². The first-order chi connectivity index (χ1) is 27.2. The van der Waals surface area contributed by atoms with E-state index in [1.54, 1.807) is 31.4 Å². The average Bonchev–Trinajstić information content (AvgIpc) is 3.70. The molecule has 0 radical (unpaired) electrons. The van der Waals surface area contributed by atoms with Gasteiger partial charge in [-0.3, -0.25) is 38.9 Å². The first-order valence-corrected chi connectivity index (χ1v) is 19.6. The Labute approximate surface area is 323 Å². The number of nitrogens with zero attached hydrogens (tertiary/aromatic N) is 6. The third-order valence-electron chi connectivity index (χ3n) is 12.5. The highest BCUT2D eigenvalue weighted by atomic mass is 16.5. The normalized spacial score (nSPS) is 23.4. The molecule has 56 heavy (non-hydrogen) atoms. The van der Waals surface area contributed by atoms with Gasteiger partial charge in [-0.05, 0) is 98.9 Å². The molecule has 5 heterocycles. The molecular weight excluding hydrogens is 715 g/mol. The van der Waals surface area contributed by atoms with Crippen LogP contribution >= 0.6 is 0 Å². The summed E-state index contributed by atoms with van der Waals surface area (Å²) >= 11 is 0. The number of aromatic nitrogens is 4. The fraction of sp³-hybridized carbons (Fsp3) is 0.463. The van der Waals surface area contributed by atoms with E-state index in [9.17, 15) is 24.0 Å². The monoisotopic (exact) mass is 759 g/mol. The minimum absolute atomic E-state index is 0.0957. The summed E-state index contributed by atoms with van der Waals surface area (Å²) in [4.78, 5) is 67.0. The van der Waals surface area contributed by atoms with Crippen molar-refractivity contribution in [3.8, 4) is 5.75 Å². The van der Waals surface area contributed by atoms with Crippen LogP contribution in [0.5, 0.6) is 5.75 Å². The molecule has 2 saturated carbocycles. The standard InChI is InChI=1S/C41H45N9O6/c1-56-34-17-31-26(16-32(34)44-37(52)30-6-3-14-43-46-30)21-49(47-31)27-9-7-24(8-10-27)20-48-22-41(23-48)18-25(19-41)13-15-42-29-5-2-4-28-36(29)40(55)50(39(28)54)33-11-12-35(51)45-38(33)53/h2-6,14,16-17,21,24-25,27,33,42H,7-13,15,18-20,22-23H2,1H3,(H,44,52)(H,45,51,53). The number of amides is 5. The molecule has 2 aliphatic carbocycles. The van der Waals surface area contributed by atoms with Crippen molar-refractivity contribution in [1.82, 2.24) is 35.1 Å². The van der Waals surface area contributed by atoms with E-state index in [0.29, 0.717) is 58.1 Å². The van der Waals surface area contributed by atoms with Crippen LogP contribution in [-0.4, -0.2) is 98.6 Å². The molecule has 2 aromatic heterocycles. The van der Waals surface area contributed by atoms with Crippen molar-refractivity contribution >= 4 is 51.8 Å². The van der Waals surface area contributed by atoms with Gasteiger partial charge in [0.15, 0.2) is 5.69 Å². The van der Waals surface area contributed by atoms with Gasteiger partial charge in [-0.15, -0.1) is 5.10 Å². The van der Waals surface area contributed by atoms with Gasteiger partial charge in [0.1, 0.15) is 11.8 Å². The average molecular weight is 760 g/mol. The highest BCUT2D eigenvalue weighted by Crippen LogP contribution is 2.53. The summed E-state index contributed by atoms with van der Waals surface area (Å²) in [6, 6.07) is 11.6. The molecule has 2 aromatic carbocycles. The maximum atomic E-state index is 13.4. The minimum atomic E-state index is -0.972. The highest BCUT2D eigenvalue weighted by Gasteiger charge is 2.52. The number of nitrogens with one attached hydrogen (secondary N) is 3. The zero-order valence-corrected chi connectivity index (χ0v) is 31.3. The number of ether oxygens (including phenoxy) is 1. The van der Waals surface area contributed by atoms with E-state index in [2.05, 4.69) is 41.9 Å². The van der Waals surface area contributed by atoms with Gasteiger partial charge < -0.3 is 20.3 Å². The third-order valence-corrected chi connectivity index (χ3v) is 12.5. The third kappa shape index (κ3) is 6.67. The number of anilines is 2. The lowest BCUT2D eigenvalue weighted by Gasteiger charge is -2.60. The summed E-state index contributed by atoms with van der Waals surface area (Å²) in [6.07, 6.45) is 11.8. The number of likely N-dealkylation sites (tertiary alicyclic amines) is 1. The van der Waals surface area contributed by atoms with E-state index < -0.39 is 23.8 Å². The first kappa shape index (κ1) is 36.0. The van der Waals surface area contributed by atoms with Gasteiger partial charge in [-0.1, -0.05) is 6.07 Å². The highest BCUT2D eigenvalue weighted by molar-refractivity contribution is 6.25. The zero-order chi connectivity index (χ0) is 38.6. The molecule has 4 fully saturated rings. The molecule has 15 nitrogen and oxygen atoms in total. The van der Waals surface area contributed by atoms with E-state index in [0.717, 1.165) is 54.7 Å².